The van der Waals surface area contributed by atoms with E-state index in [4.69, 9.17) is 9.47 Å². The number of carbonyl (C=O) groups excluding carboxylic acids is 1. The largest absolute Gasteiger partial charge is 0.469 e. The Hall–Kier alpha value is -1.70. The molecule has 1 unspecified atom stereocenters. The van der Waals surface area contributed by atoms with E-state index < -0.39 is 12.1 Å². The van der Waals surface area contributed by atoms with Crippen LogP contribution in [-0.2, 0) is 4.74 Å². The van der Waals surface area contributed by atoms with Crippen molar-refractivity contribution in [2.45, 2.75) is 20.0 Å². The lowest BCUT2D eigenvalue weighted by atomic mass is 10.1. The molecule has 2 rings (SSSR count). The monoisotopic (exact) mass is 415 g/mol. The highest BCUT2D eigenvalue weighted by Gasteiger charge is 2.22. The summed E-state index contributed by atoms with van der Waals surface area (Å²) in [6.07, 6.45) is 0.952. The number of ether oxygens (including phenoxy) is 2. The van der Waals surface area contributed by atoms with Gasteiger partial charge in [-0.3, -0.25) is 0 Å². The van der Waals surface area contributed by atoms with Gasteiger partial charge in [0.05, 0.1) is 6.61 Å². The molecular weight excluding hydrogens is 400 g/mol. The molecule has 0 saturated heterocycles. The van der Waals surface area contributed by atoms with Gasteiger partial charge in [-0.15, -0.1) is 0 Å². The van der Waals surface area contributed by atoms with Crippen LogP contribution in [0.5, 0.6) is 5.88 Å². The lowest BCUT2D eigenvalue weighted by Gasteiger charge is -2.17. The number of carbonyl (C=O) groups is 1. The van der Waals surface area contributed by atoms with Crippen LogP contribution >= 0.6 is 22.6 Å². The number of benzene rings is 1. The molecule has 0 bridgehead atoms. The SMILES string of the molecule is CCOC(=O)c1c(I)ccnc1OC(C)c1ccccc1F. The first-order valence-corrected chi connectivity index (χ1v) is 7.85. The van der Waals surface area contributed by atoms with Crippen molar-refractivity contribution in [2.75, 3.05) is 6.61 Å². The zero-order valence-corrected chi connectivity index (χ0v) is 14.3. The number of pyridine rings is 1. The molecule has 4 nitrogen and oxygen atoms in total. The van der Waals surface area contributed by atoms with Crippen molar-refractivity contribution in [3.05, 3.63) is 57.0 Å². The second kappa shape index (κ2) is 7.53. The number of halogens is 2. The Morgan fingerprint density at radius 1 is 1.36 bits per heavy atom. The van der Waals surface area contributed by atoms with Crippen LogP contribution in [0.25, 0.3) is 0 Å². The lowest BCUT2D eigenvalue weighted by molar-refractivity contribution is 0.0516. The van der Waals surface area contributed by atoms with Crippen LogP contribution in [0.4, 0.5) is 4.39 Å². The van der Waals surface area contributed by atoms with E-state index in [1.54, 1.807) is 38.1 Å². The Kier molecular flexibility index (Phi) is 5.70. The first-order chi connectivity index (χ1) is 10.5. The summed E-state index contributed by atoms with van der Waals surface area (Å²) in [6.45, 7) is 3.69. The van der Waals surface area contributed by atoms with E-state index in [0.29, 0.717) is 9.13 Å². The summed E-state index contributed by atoms with van der Waals surface area (Å²) in [4.78, 5) is 16.1. The summed E-state index contributed by atoms with van der Waals surface area (Å²) in [5.41, 5.74) is 0.658. The van der Waals surface area contributed by atoms with E-state index in [9.17, 15) is 9.18 Å². The van der Waals surface area contributed by atoms with Crippen molar-refractivity contribution in [2.24, 2.45) is 0 Å². The highest BCUT2D eigenvalue weighted by molar-refractivity contribution is 14.1. The predicted molar refractivity (Wildman–Crippen MR) is 88.4 cm³/mol. The third kappa shape index (κ3) is 3.73. The van der Waals surface area contributed by atoms with Crippen LogP contribution in [0.3, 0.4) is 0 Å². The maximum absolute atomic E-state index is 13.8. The van der Waals surface area contributed by atoms with Crippen LogP contribution < -0.4 is 4.74 Å². The normalized spacial score (nSPS) is 11.8. The fraction of sp³-hybridized carbons (Fsp3) is 0.250. The van der Waals surface area contributed by atoms with E-state index in [-0.39, 0.29) is 23.9 Å². The van der Waals surface area contributed by atoms with Gasteiger partial charge in [-0.1, -0.05) is 18.2 Å². The average Bonchev–Trinajstić information content (AvgIpc) is 2.47. The van der Waals surface area contributed by atoms with Gasteiger partial charge in [-0.05, 0) is 48.6 Å². The second-order valence-corrected chi connectivity index (χ2v) is 5.64. The molecule has 0 fully saturated rings. The topological polar surface area (TPSA) is 48.4 Å². The molecule has 0 aliphatic carbocycles. The Balaban J connectivity index is 2.32. The molecule has 1 heterocycles. The van der Waals surface area contributed by atoms with Gasteiger partial charge in [-0.25, -0.2) is 14.2 Å². The number of esters is 1. The minimum absolute atomic E-state index is 0.140. The molecule has 1 atom stereocenters. The first-order valence-electron chi connectivity index (χ1n) is 6.77. The average molecular weight is 415 g/mol. The summed E-state index contributed by atoms with van der Waals surface area (Å²) in [7, 11) is 0. The van der Waals surface area contributed by atoms with Gasteiger partial charge in [0.25, 0.3) is 0 Å². The highest BCUT2D eigenvalue weighted by atomic mass is 127. The molecule has 2 aromatic rings. The molecule has 6 heteroatoms. The fourth-order valence-corrected chi connectivity index (χ4v) is 2.55. The van der Waals surface area contributed by atoms with Gasteiger partial charge in [0.15, 0.2) is 0 Å². The molecule has 1 aromatic heterocycles. The van der Waals surface area contributed by atoms with Crippen LogP contribution in [0.15, 0.2) is 36.5 Å². The summed E-state index contributed by atoms with van der Waals surface area (Å²) in [5, 5.41) is 0. The number of aromatic nitrogens is 1. The van der Waals surface area contributed by atoms with Gasteiger partial charge < -0.3 is 9.47 Å². The van der Waals surface area contributed by atoms with Crippen LogP contribution in [0.2, 0.25) is 0 Å². The molecular formula is C16H15FINO3. The summed E-state index contributed by atoms with van der Waals surface area (Å²) in [6, 6.07) is 8.03. The molecule has 0 aliphatic rings. The van der Waals surface area contributed by atoms with Crippen LogP contribution in [0, 0.1) is 9.39 Å². The maximum atomic E-state index is 13.8. The molecule has 0 spiro atoms. The van der Waals surface area contributed by atoms with Gasteiger partial charge in [0, 0.05) is 15.3 Å². The lowest BCUT2D eigenvalue weighted by Crippen LogP contribution is -2.13. The molecule has 0 radical (unpaired) electrons. The fourth-order valence-electron chi connectivity index (χ4n) is 1.93. The molecule has 22 heavy (non-hydrogen) atoms. The van der Waals surface area contributed by atoms with E-state index in [1.807, 2.05) is 22.6 Å². The molecule has 1 aromatic carbocycles. The summed E-state index contributed by atoms with van der Waals surface area (Å²) >= 11 is 2.01. The van der Waals surface area contributed by atoms with Gasteiger partial charge >= 0.3 is 5.97 Å². The first kappa shape index (κ1) is 16.7. The van der Waals surface area contributed by atoms with E-state index in [1.165, 1.54) is 12.3 Å². The number of rotatable bonds is 5. The molecule has 0 amide bonds. The van der Waals surface area contributed by atoms with E-state index >= 15 is 0 Å². The molecule has 0 aliphatic heterocycles. The minimum atomic E-state index is -0.583. The van der Waals surface area contributed by atoms with Gasteiger partial charge in [-0.2, -0.15) is 0 Å². The predicted octanol–water partition coefficient (Wildman–Crippen LogP) is 4.14. The second-order valence-electron chi connectivity index (χ2n) is 4.47. The number of hydrogen-bond donors (Lipinski definition) is 0. The van der Waals surface area contributed by atoms with Gasteiger partial charge in [0.2, 0.25) is 5.88 Å². The van der Waals surface area contributed by atoms with Crippen molar-refractivity contribution in [3.8, 4) is 5.88 Å². The Morgan fingerprint density at radius 2 is 2.09 bits per heavy atom. The van der Waals surface area contributed by atoms with Crippen LogP contribution in [-0.4, -0.2) is 17.6 Å². The summed E-state index contributed by atoms with van der Waals surface area (Å²) < 4.78 is 25.2. The third-order valence-electron chi connectivity index (χ3n) is 2.98. The number of nitrogens with zero attached hydrogens (tertiary/aromatic N) is 1. The minimum Gasteiger partial charge on any atom is -0.469 e. The van der Waals surface area contributed by atoms with Crippen LogP contribution in [0.1, 0.15) is 35.9 Å². The van der Waals surface area contributed by atoms with Crippen molar-refractivity contribution in [3.63, 3.8) is 0 Å². The zero-order valence-electron chi connectivity index (χ0n) is 12.2. The maximum Gasteiger partial charge on any atom is 0.344 e. The van der Waals surface area contributed by atoms with E-state index in [2.05, 4.69) is 4.98 Å². The summed E-state index contributed by atoms with van der Waals surface area (Å²) in [5.74, 6) is -0.727. The highest BCUT2D eigenvalue weighted by Crippen LogP contribution is 2.28. The molecule has 116 valence electrons. The van der Waals surface area contributed by atoms with Crippen molar-refractivity contribution >= 4 is 28.6 Å². The third-order valence-corrected chi connectivity index (χ3v) is 3.88. The molecule has 0 saturated carbocycles. The van der Waals surface area contributed by atoms with E-state index in [0.717, 1.165) is 0 Å². The quantitative estimate of drug-likeness (QED) is 0.544. The standard InChI is InChI=1S/C16H15FINO3/c1-3-21-16(20)14-13(18)8-9-19-15(14)22-10(2)11-6-4-5-7-12(11)17/h4-10H,3H2,1-2H3. The Bertz CT molecular complexity index is 678. The van der Waals surface area contributed by atoms with Crippen molar-refractivity contribution in [1.29, 1.82) is 0 Å². The van der Waals surface area contributed by atoms with Crippen molar-refractivity contribution < 1.29 is 18.7 Å². The zero-order chi connectivity index (χ0) is 16.1. The number of hydrogen-bond acceptors (Lipinski definition) is 4. The Labute approximate surface area is 141 Å². The smallest absolute Gasteiger partial charge is 0.344 e. The Morgan fingerprint density at radius 3 is 2.77 bits per heavy atom. The van der Waals surface area contributed by atoms with Gasteiger partial charge in [0.1, 0.15) is 17.5 Å². The molecule has 0 N–H and O–H groups in total. The van der Waals surface area contributed by atoms with Crippen molar-refractivity contribution in [1.82, 2.24) is 4.98 Å².